The largest absolute Gasteiger partial charge is 0.212 e. The second-order valence-corrected chi connectivity index (χ2v) is 6.50. The van der Waals surface area contributed by atoms with Gasteiger partial charge in [0, 0.05) is 17.2 Å². The van der Waals surface area contributed by atoms with Crippen molar-refractivity contribution in [2.24, 2.45) is 7.05 Å². The molecule has 0 radical (unpaired) electrons. The second-order valence-electron chi connectivity index (χ2n) is 6.50. The molecule has 0 spiro atoms. The van der Waals surface area contributed by atoms with Crippen molar-refractivity contribution < 1.29 is 4.57 Å². The summed E-state index contributed by atoms with van der Waals surface area (Å²) in [5.74, 6) is 0. The van der Waals surface area contributed by atoms with Crippen molar-refractivity contribution in [1.82, 2.24) is 0 Å². The number of pyridine rings is 1. The Morgan fingerprint density at radius 3 is 2.04 bits per heavy atom. The first-order chi connectivity index (χ1) is 11.0. The van der Waals surface area contributed by atoms with Crippen LogP contribution in [0.3, 0.4) is 0 Å². The lowest BCUT2D eigenvalue weighted by Gasteiger charge is -2.11. The van der Waals surface area contributed by atoms with Crippen molar-refractivity contribution in [2.45, 2.75) is 27.7 Å². The zero-order valence-electron chi connectivity index (χ0n) is 14.6. The Kier molecular flexibility index (Phi) is 4.04. The predicted octanol–water partition coefficient (Wildman–Crippen LogP) is 5.08. The molecule has 0 aliphatic rings. The minimum atomic E-state index is 1.26. The van der Waals surface area contributed by atoms with Crippen LogP contribution in [-0.2, 0) is 7.05 Å². The molecule has 1 heteroatoms. The number of nitrogens with zero attached hydrogens (tertiary/aromatic N) is 1. The first-order valence-electron chi connectivity index (χ1n) is 8.11. The van der Waals surface area contributed by atoms with Gasteiger partial charge in [-0.15, -0.1) is 0 Å². The molecule has 0 N–H and O–H groups in total. The van der Waals surface area contributed by atoms with Crippen LogP contribution < -0.4 is 4.57 Å². The Morgan fingerprint density at radius 1 is 0.652 bits per heavy atom. The predicted molar refractivity (Wildman–Crippen MR) is 97.4 cm³/mol. The molecule has 0 atom stereocenters. The molecule has 116 valence electrons. The molecule has 0 amide bonds. The topological polar surface area (TPSA) is 3.88 Å². The summed E-state index contributed by atoms with van der Waals surface area (Å²) in [6.07, 6.45) is 2.26. The van der Waals surface area contributed by atoms with Crippen molar-refractivity contribution in [1.29, 1.82) is 0 Å². The van der Waals surface area contributed by atoms with E-state index < -0.39 is 0 Å². The molecule has 3 rings (SSSR count). The van der Waals surface area contributed by atoms with Crippen molar-refractivity contribution in [3.05, 3.63) is 77.0 Å². The molecule has 1 nitrogen and oxygen atoms in total. The molecule has 1 aromatic heterocycles. The third kappa shape index (κ3) is 2.92. The molecule has 0 saturated heterocycles. The SMILES string of the molecule is Cc1ccc(-c2cc(C)c(-c3ccccc3C)c[n+]2C)c(C)c1. The summed E-state index contributed by atoms with van der Waals surface area (Å²) in [7, 11) is 2.13. The fourth-order valence-corrected chi connectivity index (χ4v) is 3.28. The van der Waals surface area contributed by atoms with E-state index in [9.17, 15) is 0 Å². The minimum Gasteiger partial charge on any atom is -0.200 e. The van der Waals surface area contributed by atoms with E-state index >= 15 is 0 Å². The van der Waals surface area contributed by atoms with Gasteiger partial charge in [-0.3, -0.25) is 0 Å². The number of rotatable bonds is 2. The van der Waals surface area contributed by atoms with Gasteiger partial charge in [0.15, 0.2) is 6.20 Å². The Labute approximate surface area is 139 Å². The molecule has 0 unspecified atom stereocenters. The van der Waals surface area contributed by atoms with Gasteiger partial charge >= 0.3 is 0 Å². The molecule has 2 aromatic carbocycles. The van der Waals surface area contributed by atoms with E-state index in [1.165, 1.54) is 44.6 Å². The van der Waals surface area contributed by atoms with Crippen LogP contribution in [0.1, 0.15) is 22.3 Å². The molecule has 3 aromatic rings. The number of aryl methyl sites for hydroxylation is 5. The maximum absolute atomic E-state index is 2.30. The van der Waals surface area contributed by atoms with Crippen LogP contribution in [0.5, 0.6) is 0 Å². The molecule has 0 bridgehead atoms. The zero-order chi connectivity index (χ0) is 16.6. The first kappa shape index (κ1) is 15.5. The molecule has 0 aliphatic carbocycles. The van der Waals surface area contributed by atoms with Gasteiger partial charge in [-0.05, 0) is 56.0 Å². The molecule has 0 fully saturated rings. The van der Waals surface area contributed by atoms with E-state index in [0.717, 1.165) is 0 Å². The number of hydrogen-bond donors (Lipinski definition) is 0. The first-order valence-corrected chi connectivity index (χ1v) is 8.11. The quantitative estimate of drug-likeness (QED) is 0.581. The molecular weight excluding hydrogens is 278 g/mol. The Balaban J connectivity index is 2.17. The van der Waals surface area contributed by atoms with Gasteiger partial charge in [-0.2, -0.15) is 0 Å². The number of benzene rings is 2. The van der Waals surface area contributed by atoms with Crippen molar-refractivity contribution in [3.63, 3.8) is 0 Å². The molecule has 0 aliphatic heterocycles. The average Bonchev–Trinajstić information content (AvgIpc) is 2.50. The standard InChI is InChI=1S/C22H24N/c1-15-10-11-20(17(3)12-15)22-13-18(4)21(14-23(22)5)19-9-7-6-8-16(19)2/h6-14H,1-5H3/q+1. The maximum Gasteiger partial charge on any atom is 0.212 e. The van der Waals surface area contributed by atoms with Crippen LogP contribution in [0, 0.1) is 27.7 Å². The lowest BCUT2D eigenvalue weighted by atomic mass is 9.95. The molecule has 23 heavy (non-hydrogen) atoms. The van der Waals surface area contributed by atoms with Crippen molar-refractivity contribution >= 4 is 0 Å². The smallest absolute Gasteiger partial charge is 0.200 e. The monoisotopic (exact) mass is 302 g/mol. The zero-order valence-corrected chi connectivity index (χ0v) is 14.6. The summed E-state index contributed by atoms with van der Waals surface area (Å²) >= 11 is 0. The highest BCUT2D eigenvalue weighted by Gasteiger charge is 2.17. The number of aromatic nitrogens is 1. The van der Waals surface area contributed by atoms with Gasteiger partial charge in [0.1, 0.15) is 7.05 Å². The summed E-state index contributed by atoms with van der Waals surface area (Å²) in [5, 5.41) is 0. The fraction of sp³-hybridized carbons (Fsp3) is 0.227. The van der Waals surface area contributed by atoms with Crippen LogP contribution in [0.4, 0.5) is 0 Å². The average molecular weight is 302 g/mol. The normalized spacial score (nSPS) is 10.8. The van der Waals surface area contributed by atoms with E-state index in [4.69, 9.17) is 0 Å². The van der Waals surface area contributed by atoms with Crippen molar-refractivity contribution in [2.75, 3.05) is 0 Å². The van der Waals surface area contributed by atoms with E-state index in [2.05, 4.69) is 94.0 Å². The van der Waals surface area contributed by atoms with Crippen LogP contribution in [0.25, 0.3) is 22.4 Å². The van der Waals surface area contributed by atoms with Gasteiger partial charge in [0.2, 0.25) is 5.69 Å². The second kappa shape index (κ2) is 6.00. The highest BCUT2D eigenvalue weighted by atomic mass is 14.9. The summed E-state index contributed by atoms with van der Waals surface area (Å²) < 4.78 is 2.24. The van der Waals surface area contributed by atoms with Crippen molar-refractivity contribution in [3.8, 4) is 22.4 Å². The third-order valence-electron chi connectivity index (χ3n) is 4.57. The van der Waals surface area contributed by atoms with Gasteiger partial charge in [0.05, 0.1) is 0 Å². The highest BCUT2D eigenvalue weighted by molar-refractivity contribution is 5.71. The van der Waals surface area contributed by atoms with E-state index in [1.807, 2.05) is 0 Å². The maximum atomic E-state index is 2.30. The molecule has 1 heterocycles. The summed E-state index contributed by atoms with van der Waals surface area (Å²) in [5.41, 5.74) is 10.4. The van der Waals surface area contributed by atoms with E-state index in [-0.39, 0.29) is 0 Å². The molecule has 0 saturated carbocycles. The minimum absolute atomic E-state index is 1.26. The van der Waals surface area contributed by atoms with Gasteiger partial charge < -0.3 is 0 Å². The lowest BCUT2D eigenvalue weighted by Crippen LogP contribution is -2.31. The van der Waals surface area contributed by atoms with Crippen LogP contribution >= 0.6 is 0 Å². The van der Waals surface area contributed by atoms with E-state index in [1.54, 1.807) is 0 Å². The highest BCUT2D eigenvalue weighted by Crippen LogP contribution is 2.29. The van der Waals surface area contributed by atoms with Gasteiger partial charge in [-0.25, -0.2) is 4.57 Å². The van der Waals surface area contributed by atoms with Gasteiger partial charge in [0.25, 0.3) is 0 Å². The summed E-state index contributed by atoms with van der Waals surface area (Å²) in [6.45, 7) is 8.71. The third-order valence-corrected chi connectivity index (χ3v) is 4.57. The lowest BCUT2D eigenvalue weighted by molar-refractivity contribution is -0.660. The van der Waals surface area contributed by atoms with Crippen LogP contribution in [0.15, 0.2) is 54.7 Å². The molecular formula is C22H24N+. The van der Waals surface area contributed by atoms with E-state index in [0.29, 0.717) is 0 Å². The fourth-order valence-electron chi connectivity index (χ4n) is 3.28. The summed E-state index contributed by atoms with van der Waals surface area (Å²) in [6, 6.07) is 17.6. The van der Waals surface area contributed by atoms with Crippen LogP contribution in [0.2, 0.25) is 0 Å². The Hall–Kier alpha value is -2.41. The van der Waals surface area contributed by atoms with Gasteiger partial charge in [-0.1, -0.05) is 42.0 Å². The summed E-state index contributed by atoms with van der Waals surface area (Å²) in [4.78, 5) is 0. The number of hydrogen-bond acceptors (Lipinski definition) is 0. The van der Waals surface area contributed by atoms with Crippen LogP contribution in [-0.4, -0.2) is 0 Å². The Morgan fingerprint density at radius 2 is 1.35 bits per heavy atom. The Bertz CT molecular complexity index is 875.